The Hall–Kier alpha value is -1.94. The van der Waals surface area contributed by atoms with Crippen LogP contribution >= 0.6 is 0 Å². The first-order chi connectivity index (χ1) is 8.72. The molecular formula is C14H17NO3. The van der Waals surface area contributed by atoms with Gasteiger partial charge >= 0.3 is 0 Å². The van der Waals surface area contributed by atoms with Crippen molar-refractivity contribution in [1.82, 2.24) is 0 Å². The number of aryl methyl sites for hydroxylation is 1. The molecule has 1 unspecified atom stereocenters. The van der Waals surface area contributed by atoms with Gasteiger partial charge in [0.2, 0.25) is 0 Å². The van der Waals surface area contributed by atoms with E-state index in [1.54, 1.807) is 7.11 Å². The van der Waals surface area contributed by atoms with E-state index >= 15 is 0 Å². The molecule has 0 fully saturated rings. The normalized spacial score (nSPS) is 12.2. The quantitative estimate of drug-likeness (QED) is 0.882. The van der Waals surface area contributed by atoms with Gasteiger partial charge in [-0.15, -0.1) is 0 Å². The van der Waals surface area contributed by atoms with Crippen LogP contribution in [-0.2, 0) is 0 Å². The molecule has 0 aliphatic carbocycles. The molecule has 0 saturated heterocycles. The zero-order chi connectivity index (χ0) is 13.0. The van der Waals surface area contributed by atoms with Crippen molar-refractivity contribution in [3.05, 3.63) is 47.9 Å². The third-order valence-electron chi connectivity index (χ3n) is 2.61. The van der Waals surface area contributed by atoms with Gasteiger partial charge in [0.25, 0.3) is 0 Å². The summed E-state index contributed by atoms with van der Waals surface area (Å²) < 4.78 is 16.5. The van der Waals surface area contributed by atoms with Crippen LogP contribution in [0.2, 0.25) is 0 Å². The highest BCUT2D eigenvalue weighted by atomic mass is 16.5. The Morgan fingerprint density at radius 2 is 2.00 bits per heavy atom. The van der Waals surface area contributed by atoms with E-state index in [4.69, 9.17) is 19.6 Å². The summed E-state index contributed by atoms with van der Waals surface area (Å²) in [6, 6.07) is 11.2. The molecule has 4 nitrogen and oxygen atoms in total. The standard InChI is InChI=1S/C14H17NO3/c1-10-6-7-13(17-10)14(9-15)18-12-5-3-4-11(8-12)16-2/h3-8,14H,9,15H2,1-2H3. The molecule has 0 saturated carbocycles. The van der Waals surface area contributed by atoms with Crippen molar-refractivity contribution in [1.29, 1.82) is 0 Å². The second-order valence-corrected chi connectivity index (χ2v) is 3.97. The summed E-state index contributed by atoms with van der Waals surface area (Å²) in [5.41, 5.74) is 5.72. The minimum atomic E-state index is -0.286. The summed E-state index contributed by atoms with van der Waals surface area (Å²) in [5, 5.41) is 0. The fraction of sp³-hybridized carbons (Fsp3) is 0.286. The van der Waals surface area contributed by atoms with Gasteiger partial charge in [-0.2, -0.15) is 0 Å². The third kappa shape index (κ3) is 2.84. The third-order valence-corrected chi connectivity index (χ3v) is 2.61. The number of nitrogens with two attached hydrogens (primary N) is 1. The molecule has 0 amide bonds. The molecule has 0 spiro atoms. The summed E-state index contributed by atoms with van der Waals surface area (Å²) in [6.45, 7) is 2.24. The van der Waals surface area contributed by atoms with Crippen molar-refractivity contribution in [2.24, 2.45) is 5.73 Å². The molecule has 2 aromatic rings. The van der Waals surface area contributed by atoms with Crippen molar-refractivity contribution in [2.75, 3.05) is 13.7 Å². The van der Waals surface area contributed by atoms with Crippen molar-refractivity contribution in [3.8, 4) is 11.5 Å². The van der Waals surface area contributed by atoms with Crippen molar-refractivity contribution in [2.45, 2.75) is 13.0 Å². The van der Waals surface area contributed by atoms with Crippen LogP contribution in [0.1, 0.15) is 17.6 Å². The largest absolute Gasteiger partial charge is 0.497 e. The van der Waals surface area contributed by atoms with E-state index in [1.807, 2.05) is 43.3 Å². The van der Waals surface area contributed by atoms with E-state index in [1.165, 1.54) is 0 Å². The lowest BCUT2D eigenvalue weighted by molar-refractivity contribution is 0.182. The highest BCUT2D eigenvalue weighted by Crippen LogP contribution is 2.25. The first kappa shape index (κ1) is 12.5. The topological polar surface area (TPSA) is 57.6 Å². The molecule has 0 radical (unpaired) electrons. The summed E-state index contributed by atoms with van der Waals surface area (Å²) in [7, 11) is 1.62. The minimum Gasteiger partial charge on any atom is -0.497 e. The highest BCUT2D eigenvalue weighted by molar-refractivity contribution is 5.33. The van der Waals surface area contributed by atoms with Crippen LogP contribution in [0.15, 0.2) is 40.8 Å². The maximum atomic E-state index is 5.81. The zero-order valence-electron chi connectivity index (χ0n) is 10.6. The van der Waals surface area contributed by atoms with Gasteiger partial charge in [0.15, 0.2) is 6.10 Å². The van der Waals surface area contributed by atoms with Crippen LogP contribution in [0, 0.1) is 6.92 Å². The Morgan fingerprint density at radius 3 is 2.61 bits per heavy atom. The van der Waals surface area contributed by atoms with E-state index in [9.17, 15) is 0 Å². The van der Waals surface area contributed by atoms with Gasteiger partial charge in [-0.1, -0.05) is 6.07 Å². The molecule has 96 valence electrons. The van der Waals surface area contributed by atoms with E-state index in [0.717, 1.165) is 17.3 Å². The predicted molar refractivity (Wildman–Crippen MR) is 68.9 cm³/mol. The summed E-state index contributed by atoms with van der Waals surface area (Å²) in [6.07, 6.45) is -0.286. The lowest BCUT2D eigenvalue weighted by Gasteiger charge is -2.15. The maximum absolute atomic E-state index is 5.81. The average Bonchev–Trinajstić information content (AvgIpc) is 2.82. The molecule has 1 aromatic carbocycles. The Morgan fingerprint density at radius 1 is 1.22 bits per heavy atom. The molecule has 1 atom stereocenters. The van der Waals surface area contributed by atoms with Gasteiger partial charge in [0.1, 0.15) is 23.0 Å². The fourth-order valence-electron chi connectivity index (χ4n) is 1.69. The average molecular weight is 247 g/mol. The SMILES string of the molecule is COc1cccc(OC(CN)c2ccc(C)o2)c1. The van der Waals surface area contributed by atoms with Crippen LogP contribution in [0.25, 0.3) is 0 Å². The number of hydrogen-bond donors (Lipinski definition) is 1. The Bertz CT molecular complexity index is 507. The van der Waals surface area contributed by atoms with Crippen molar-refractivity contribution < 1.29 is 13.9 Å². The lowest BCUT2D eigenvalue weighted by Crippen LogP contribution is -2.17. The summed E-state index contributed by atoms with van der Waals surface area (Å²) in [5.74, 6) is 3.04. The van der Waals surface area contributed by atoms with Gasteiger partial charge in [0.05, 0.1) is 7.11 Å². The second-order valence-electron chi connectivity index (χ2n) is 3.97. The Balaban J connectivity index is 2.14. The number of rotatable bonds is 5. The van der Waals surface area contributed by atoms with E-state index in [0.29, 0.717) is 12.3 Å². The highest BCUT2D eigenvalue weighted by Gasteiger charge is 2.15. The van der Waals surface area contributed by atoms with E-state index < -0.39 is 0 Å². The van der Waals surface area contributed by atoms with Crippen molar-refractivity contribution in [3.63, 3.8) is 0 Å². The van der Waals surface area contributed by atoms with Crippen LogP contribution in [0.5, 0.6) is 11.5 Å². The number of benzene rings is 1. The molecule has 0 aliphatic heterocycles. The van der Waals surface area contributed by atoms with Crippen LogP contribution in [0.4, 0.5) is 0 Å². The molecule has 4 heteroatoms. The van der Waals surface area contributed by atoms with Crippen LogP contribution in [0.3, 0.4) is 0 Å². The maximum Gasteiger partial charge on any atom is 0.168 e. The molecule has 18 heavy (non-hydrogen) atoms. The second kappa shape index (κ2) is 5.60. The van der Waals surface area contributed by atoms with E-state index in [-0.39, 0.29) is 6.10 Å². The molecule has 2 N–H and O–H groups in total. The molecule has 0 aliphatic rings. The number of methoxy groups -OCH3 is 1. The number of hydrogen-bond acceptors (Lipinski definition) is 4. The van der Waals surface area contributed by atoms with Crippen LogP contribution in [-0.4, -0.2) is 13.7 Å². The first-order valence-electron chi connectivity index (χ1n) is 5.80. The molecule has 2 rings (SSSR count). The smallest absolute Gasteiger partial charge is 0.168 e. The summed E-state index contributed by atoms with van der Waals surface area (Å²) >= 11 is 0. The van der Waals surface area contributed by atoms with Gasteiger partial charge in [-0.25, -0.2) is 0 Å². The monoisotopic (exact) mass is 247 g/mol. The van der Waals surface area contributed by atoms with Crippen LogP contribution < -0.4 is 15.2 Å². The number of ether oxygens (including phenoxy) is 2. The Kier molecular flexibility index (Phi) is 3.89. The molecular weight excluding hydrogens is 230 g/mol. The summed E-state index contributed by atoms with van der Waals surface area (Å²) in [4.78, 5) is 0. The van der Waals surface area contributed by atoms with Gasteiger partial charge < -0.3 is 19.6 Å². The van der Waals surface area contributed by atoms with Gasteiger partial charge in [-0.3, -0.25) is 0 Å². The lowest BCUT2D eigenvalue weighted by atomic mass is 10.2. The fourth-order valence-corrected chi connectivity index (χ4v) is 1.69. The molecule has 0 bridgehead atoms. The predicted octanol–water partition coefficient (Wildman–Crippen LogP) is 2.68. The van der Waals surface area contributed by atoms with Crippen molar-refractivity contribution >= 4 is 0 Å². The zero-order valence-corrected chi connectivity index (χ0v) is 10.6. The molecule has 1 heterocycles. The first-order valence-corrected chi connectivity index (χ1v) is 5.80. The minimum absolute atomic E-state index is 0.286. The van der Waals surface area contributed by atoms with Gasteiger partial charge in [-0.05, 0) is 31.2 Å². The number of furan rings is 1. The molecule has 1 aromatic heterocycles. The van der Waals surface area contributed by atoms with Gasteiger partial charge in [0, 0.05) is 12.6 Å². The van der Waals surface area contributed by atoms with E-state index in [2.05, 4.69) is 0 Å². The Labute approximate surface area is 106 Å².